The fourth-order valence-corrected chi connectivity index (χ4v) is 2.25. The van der Waals surface area contributed by atoms with Crippen molar-refractivity contribution in [2.24, 2.45) is 5.92 Å². The van der Waals surface area contributed by atoms with Gasteiger partial charge < -0.3 is 4.74 Å². The van der Waals surface area contributed by atoms with E-state index in [1.807, 2.05) is 26.0 Å². The number of benzene rings is 1. The third-order valence-corrected chi connectivity index (χ3v) is 3.37. The van der Waals surface area contributed by atoms with Gasteiger partial charge in [0.15, 0.2) is 0 Å². The van der Waals surface area contributed by atoms with E-state index in [1.54, 1.807) is 12.1 Å². The zero-order valence-corrected chi connectivity index (χ0v) is 11.1. The number of ether oxygens (including phenoxy) is 1. The molecule has 1 fully saturated rings. The topological polar surface area (TPSA) is 9.23 Å². The van der Waals surface area contributed by atoms with Gasteiger partial charge in [-0.15, -0.1) is 0 Å². The van der Waals surface area contributed by atoms with Gasteiger partial charge in [0.1, 0.15) is 5.82 Å². The summed E-state index contributed by atoms with van der Waals surface area (Å²) in [6, 6.07) is 6.89. The van der Waals surface area contributed by atoms with E-state index in [0.29, 0.717) is 11.8 Å². The molecule has 0 saturated carbocycles. The van der Waals surface area contributed by atoms with Crippen molar-refractivity contribution in [1.82, 2.24) is 0 Å². The highest BCUT2D eigenvalue weighted by Crippen LogP contribution is 2.31. The first-order valence-corrected chi connectivity index (χ1v) is 6.60. The second-order valence-electron chi connectivity index (χ2n) is 4.29. The van der Waals surface area contributed by atoms with Crippen LogP contribution in [0.5, 0.6) is 0 Å². The fraction of sp³-hybridized carbons (Fsp3) is 0.600. The molecule has 0 radical (unpaired) electrons. The third kappa shape index (κ3) is 4.12. The predicted octanol–water partition coefficient (Wildman–Crippen LogP) is 4.38. The molecule has 96 valence electrons. The lowest BCUT2D eigenvalue weighted by Crippen LogP contribution is -2.20. The van der Waals surface area contributed by atoms with Gasteiger partial charge in [0.05, 0.1) is 0 Å². The average molecular weight is 238 g/mol. The predicted molar refractivity (Wildman–Crippen MR) is 69.7 cm³/mol. The van der Waals surface area contributed by atoms with Crippen LogP contribution in [-0.2, 0) is 4.74 Å². The van der Waals surface area contributed by atoms with Gasteiger partial charge >= 0.3 is 0 Å². The van der Waals surface area contributed by atoms with Crippen LogP contribution < -0.4 is 0 Å². The molecule has 2 heteroatoms. The summed E-state index contributed by atoms with van der Waals surface area (Å²) in [4.78, 5) is 0. The van der Waals surface area contributed by atoms with Gasteiger partial charge in [-0.25, -0.2) is 4.39 Å². The molecule has 2 rings (SSSR count). The van der Waals surface area contributed by atoms with Gasteiger partial charge in [0.25, 0.3) is 0 Å². The van der Waals surface area contributed by atoms with Crippen LogP contribution in [0.15, 0.2) is 24.3 Å². The van der Waals surface area contributed by atoms with E-state index in [1.165, 1.54) is 5.56 Å². The van der Waals surface area contributed by atoms with Crippen LogP contribution in [0.4, 0.5) is 4.39 Å². The van der Waals surface area contributed by atoms with Gasteiger partial charge in [-0.05, 0) is 42.4 Å². The summed E-state index contributed by atoms with van der Waals surface area (Å²) in [6.45, 7) is 7.97. The van der Waals surface area contributed by atoms with E-state index >= 15 is 0 Å². The molecule has 0 aliphatic carbocycles. The molecular formula is C15H23FO. The minimum absolute atomic E-state index is 0.155. The van der Waals surface area contributed by atoms with Crippen molar-refractivity contribution in [2.75, 3.05) is 13.2 Å². The molecule has 0 aromatic heterocycles. The Morgan fingerprint density at radius 2 is 1.65 bits per heavy atom. The Kier molecular flexibility index (Phi) is 6.20. The lowest BCUT2D eigenvalue weighted by Gasteiger charge is -2.28. The van der Waals surface area contributed by atoms with Crippen molar-refractivity contribution >= 4 is 0 Å². The van der Waals surface area contributed by atoms with Gasteiger partial charge in [-0.2, -0.15) is 0 Å². The molecule has 1 aliphatic rings. The molecular weight excluding hydrogens is 215 g/mol. The molecule has 1 saturated heterocycles. The largest absolute Gasteiger partial charge is 0.381 e. The van der Waals surface area contributed by atoms with E-state index < -0.39 is 0 Å². The van der Waals surface area contributed by atoms with Crippen molar-refractivity contribution in [1.29, 1.82) is 0 Å². The molecule has 1 aliphatic heterocycles. The molecule has 0 unspecified atom stereocenters. The second kappa shape index (κ2) is 7.44. The van der Waals surface area contributed by atoms with Crippen LogP contribution in [0.1, 0.15) is 45.1 Å². The van der Waals surface area contributed by atoms with Crippen LogP contribution >= 0.6 is 0 Å². The molecule has 0 N–H and O–H groups in total. The molecule has 1 aromatic carbocycles. The van der Waals surface area contributed by atoms with Crippen molar-refractivity contribution in [3.63, 3.8) is 0 Å². The van der Waals surface area contributed by atoms with E-state index in [0.717, 1.165) is 26.1 Å². The van der Waals surface area contributed by atoms with Crippen LogP contribution in [0, 0.1) is 11.7 Å². The van der Waals surface area contributed by atoms with Crippen molar-refractivity contribution in [3.8, 4) is 0 Å². The summed E-state index contributed by atoms with van der Waals surface area (Å²) >= 11 is 0. The minimum atomic E-state index is -0.155. The SMILES string of the molecule is CC.C[C@H](c1ccc(F)cc1)C1CCOCC1. The van der Waals surface area contributed by atoms with E-state index in [4.69, 9.17) is 4.74 Å². The normalized spacial score (nSPS) is 18.1. The zero-order chi connectivity index (χ0) is 12.7. The first kappa shape index (κ1) is 14.2. The Morgan fingerprint density at radius 1 is 1.12 bits per heavy atom. The maximum Gasteiger partial charge on any atom is 0.123 e. The van der Waals surface area contributed by atoms with Crippen LogP contribution in [0.25, 0.3) is 0 Å². The molecule has 17 heavy (non-hydrogen) atoms. The lowest BCUT2D eigenvalue weighted by atomic mass is 9.83. The second-order valence-corrected chi connectivity index (χ2v) is 4.29. The maximum atomic E-state index is 12.8. The fourth-order valence-electron chi connectivity index (χ4n) is 2.25. The Bertz CT molecular complexity index is 301. The number of hydrogen-bond acceptors (Lipinski definition) is 1. The first-order valence-electron chi connectivity index (χ1n) is 6.60. The third-order valence-electron chi connectivity index (χ3n) is 3.37. The Hall–Kier alpha value is -0.890. The molecule has 1 heterocycles. The van der Waals surface area contributed by atoms with Crippen LogP contribution in [0.2, 0.25) is 0 Å². The Morgan fingerprint density at radius 3 is 2.18 bits per heavy atom. The van der Waals surface area contributed by atoms with Gasteiger partial charge in [-0.3, -0.25) is 0 Å². The first-order chi connectivity index (χ1) is 8.27. The maximum absolute atomic E-state index is 12.8. The lowest BCUT2D eigenvalue weighted by molar-refractivity contribution is 0.0596. The minimum Gasteiger partial charge on any atom is -0.381 e. The van der Waals surface area contributed by atoms with Crippen molar-refractivity contribution in [3.05, 3.63) is 35.6 Å². The quantitative estimate of drug-likeness (QED) is 0.743. The smallest absolute Gasteiger partial charge is 0.123 e. The van der Waals surface area contributed by atoms with Crippen LogP contribution in [-0.4, -0.2) is 13.2 Å². The molecule has 1 atom stereocenters. The molecule has 1 aromatic rings. The molecule has 0 spiro atoms. The summed E-state index contributed by atoms with van der Waals surface area (Å²) in [5.74, 6) is 1.04. The van der Waals surface area contributed by atoms with E-state index in [-0.39, 0.29) is 5.82 Å². The standard InChI is InChI=1S/C13H17FO.C2H6/c1-10(12-6-8-15-9-7-12)11-2-4-13(14)5-3-11;1-2/h2-5,10,12H,6-9H2,1H3;1-2H3/t10-;/m1./s1. The van der Waals surface area contributed by atoms with E-state index in [9.17, 15) is 4.39 Å². The molecule has 1 nitrogen and oxygen atoms in total. The summed E-state index contributed by atoms with van der Waals surface area (Å²) in [6.07, 6.45) is 2.25. The average Bonchev–Trinajstić information content (AvgIpc) is 2.42. The summed E-state index contributed by atoms with van der Waals surface area (Å²) in [5.41, 5.74) is 1.24. The Balaban J connectivity index is 0.000000686. The van der Waals surface area contributed by atoms with Crippen molar-refractivity contribution in [2.45, 2.75) is 39.5 Å². The number of halogens is 1. The number of rotatable bonds is 2. The van der Waals surface area contributed by atoms with Crippen molar-refractivity contribution < 1.29 is 9.13 Å². The highest BCUT2D eigenvalue weighted by molar-refractivity contribution is 5.20. The van der Waals surface area contributed by atoms with Crippen LogP contribution in [0.3, 0.4) is 0 Å². The molecule has 0 bridgehead atoms. The highest BCUT2D eigenvalue weighted by atomic mass is 19.1. The van der Waals surface area contributed by atoms with E-state index in [2.05, 4.69) is 6.92 Å². The zero-order valence-electron chi connectivity index (χ0n) is 11.1. The summed E-state index contributed by atoms with van der Waals surface area (Å²) in [7, 11) is 0. The van der Waals surface area contributed by atoms with Gasteiger partial charge in [-0.1, -0.05) is 32.9 Å². The Labute approximate surface area is 104 Å². The number of hydrogen-bond donors (Lipinski definition) is 0. The highest BCUT2D eigenvalue weighted by Gasteiger charge is 2.21. The van der Waals surface area contributed by atoms with Gasteiger partial charge in [0, 0.05) is 13.2 Å². The summed E-state index contributed by atoms with van der Waals surface area (Å²) in [5, 5.41) is 0. The summed E-state index contributed by atoms with van der Waals surface area (Å²) < 4.78 is 18.1. The monoisotopic (exact) mass is 238 g/mol. The van der Waals surface area contributed by atoms with Gasteiger partial charge in [0.2, 0.25) is 0 Å². The molecule has 0 amide bonds.